The number of aliphatic imine (C=N–C) groups is 1. The highest BCUT2D eigenvalue weighted by Gasteiger charge is 2.10. The molecule has 0 unspecified atom stereocenters. The molecule has 2 rings (SSSR count). The van der Waals surface area contributed by atoms with E-state index in [2.05, 4.69) is 20.5 Å². The van der Waals surface area contributed by atoms with Crippen LogP contribution in [0.5, 0.6) is 0 Å². The molecule has 10 heteroatoms. The molecular weight excluding hydrogens is 344 g/mol. The number of carbonyl (C=O) groups excluding carboxylic acids is 1. The minimum Gasteiger partial charge on any atom is -0.369 e. The summed E-state index contributed by atoms with van der Waals surface area (Å²) in [5.74, 6) is -1.91. The maximum absolute atomic E-state index is 13.4. The van der Waals surface area contributed by atoms with Crippen molar-refractivity contribution in [3.8, 4) is 0 Å². The molecule has 0 aliphatic heterocycles. The van der Waals surface area contributed by atoms with Crippen LogP contribution >= 0.6 is 23.1 Å². The van der Waals surface area contributed by atoms with Crippen LogP contribution in [0.2, 0.25) is 0 Å². The number of amides is 1. The van der Waals surface area contributed by atoms with Crippen molar-refractivity contribution < 1.29 is 13.6 Å². The summed E-state index contributed by atoms with van der Waals surface area (Å²) in [7, 11) is 3.66. The lowest BCUT2D eigenvalue weighted by Gasteiger charge is -2.05. The Hall–Kier alpha value is -2.07. The Morgan fingerprint density at radius 3 is 2.91 bits per heavy atom. The lowest BCUT2D eigenvalue weighted by Crippen LogP contribution is -2.15. The van der Waals surface area contributed by atoms with Gasteiger partial charge in [-0.1, -0.05) is 23.1 Å². The number of rotatable bonds is 6. The number of carbonyl (C=O) groups is 1. The van der Waals surface area contributed by atoms with Crippen molar-refractivity contribution in [3.63, 3.8) is 0 Å². The van der Waals surface area contributed by atoms with Crippen LogP contribution in [0.3, 0.4) is 0 Å². The van der Waals surface area contributed by atoms with Crippen LogP contribution in [0.15, 0.2) is 27.5 Å². The molecule has 0 saturated carbocycles. The number of benzene rings is 1. The number of nitrogens with zero attached hydrogens (tertiary/aromatic N) is 4. The van der Waals surface area contributed by atoms with E-state index in [-0.39, 0.29) is 11.4 Å². The number of nitrogens with one attached hydrogen (secondary N) is 1. The number of hydrogen-bond donors (Lipinski definition) is 1. The van der Waals surface area contributed by atoms with Crippen molar-refractivity contribution in [3.05, 3.63) is 29.8 Å². The van der Waals surface area contributed by atoms with Crippen molar-refractivity contribution in [2.75, 3.05) is 25.2 Å². The summed E-state index contributed by atoms with van der Waals surface area (Å²) in [5.41, 5.74) is -0.0643. The lowest BCUT2D eigenvalue weighted by molar-refractivity contribution is -0.113. The normalized spacial score (nSPS) is 11.0. The summed E-state index contributed by atoms with van der Waals surface area (Å²) >= 11 is 2.40. The molecule has 0 bridgehead atoms. The first-order chi connectivity index (χ1) is 10.9. The van der Waals surface area contributed by atoms with Crippen molar-refractivity contribution in [1.82, 2.24) is 15.1 Å². The van der Waals surface area contributed by atoms with Gasteiger partial charge in [0.15, 0.2) is 4.34 Å². The molecule has 122 valence electrons. The zero-order valence-electron chi connectivity index (χ0n) is 12.3. The van der Waals surface area contributed by atoms with Gasteiger partial charge < -0.3 is 10.2 Å². The summed E-state index contributed by atoms with van der Waals surface area (Å²) < 4.78 is 26.8. The largest absolute Gasteiger partial charge is 0.369 e. The van der Waals surface area contributed by atoms with Gasteiger partial charge in [-0.2, -0.15) is 0 Å². The van der Waals surface area contributed by atoms with Gasteiger partial charge in [0.25, 0.3) is 0 Å². The van der Waals surface area contributed by atoms with E-state index >= 15 is 0 Å². The van der Waals surface area contributed by atoms with E-state index in [4.69, 9.17) is 0 Å². The number of anilines is 1. The molecule has 0 aliphatic rings. The van der Waals surface area contributed by atoms with Gasteiger partial charge in [0.05, 0.1) is 17.8 Å². The van der Waals surface area contributed by atoms with Crippen LogP contribution in [0.25, 0.3) is 0 Å². The van der Waals surface area contributed by atoms with Crippen molar-refractivity contribution in [2.24, 2.45) is 4.99 Å². The van der Waals surface area contributed by atoms with Gasteiger partial charge in [-0.15, -0.1) is 10.2 Å². The first kappa shape index (κ1) is 17.3. The van der Waals surface area contributed by atoms with Gasteiger partial charge in [0, 0.05) is 20.2 Å². The Balaban J connectivity index is 1.87. The van der Waals surface area contributed by atoms with Crippen molar-refractivity contribution in [2.45, 2.75) is 4.34 Å². The summed E-state index contributed by atoms with van der Waals surface area (Å²) in [6, 6.07) is 2.96. The van der Waals surface area contributed by atoms with Crippen LogP contribution in [-0.4, -0.2) is 47.2 Å². The average Bonchev–Trinajstić information content (AvgIpc) is 2.94. The monoisotopic (exact) mass is 357 g/mol. The van der Waals surface area contributed by atoms with E-state index in [1.165, 1.54) is 17.4 Å². The molecule has 0 saturated heterocycles. The van der Waals surface area contributed by atoms with E-state index in [1.807, 2.05) is 14.1 Å². The van der Waals surface area contributed by atoms with Gasteiger partial charge in [-0.05, 0) is 12.1 Å². The third kappa shape index (κ3) is 5.57. The van der Waals surface area contributed by atoms with Gasteiger partial charge in [-0.25, -0.2) is 13.8 Å². The van der Waals surface area contributed by atoms with E-state index in [0.29, 0.717) is 15.5 Å². The number of aromatic nitrogens is 2. The maximum atomic E-state index is 13.4. The number of thioether (sulfide) groups is 1. The molecule has 1 heterocycles. The predicted octanol–water partition coefficient (Wildman–Crippen LogP) is 2.77. The summed E-state index contributed by atoms with van der Waals surface area (Å²) in [6.07, 6.45) is 1.60. The summed E-state index contributed by atoms with van der Waals surface area (Å²) in [5, 5.41) is 10.6. The smallest absolute Gasteiger partial charge is 0.234 e. The molecule has 1 aromatic heterocycles. The SMILES string of the molecule is CN(C)C=Nc1nnc(SCC(=O)Nc2ccc(F)cc2F)s1. The fraction of sp³-hybridized carbons (Fsp3) is 0.231. The second-order valence-corrected chi connectivity index (χ2v) is 6.70. The Kier molecular flexibility index (Phi) is 5.99. The third-order valence-corrected chi connectivity index (χ3v) is 4.29. The van der Waals surface area contributed by atoms with Gasteiger partial charge in [-0.3, -0.25) is 4.79 Å². The highest BCUT2D eigenvalue weighted by Crippen LogP contribution is 2.27. The molecule has 0 radical (unpaired) electrons. The van der Waals surface area contributed by atoms with Crippen LogP contribution in [0, 0.1) is 11.6 Å². The highest BCUT2D eigenvalue weighted by molar-refractivity contribution is 8.01. The minimum atomic E-state index is -0.820. The quantitative estimate of drug-likeness (QED) is 0.489. The first-order valence-corrected chi connectivity index (χ1v) is 8.16. The van der Waals surface area contributed by atoms with E-state index < -0.39 is 17.5 Å². The van der Waals surface area contributed by atoms with Gasteiger partial charge in [0.1, 0.15) is 11.6 Å². The molecule has 0 fully saturated rings. The first-order valence-electron chi connectivity index (χ1n) is 6.36. The highest BCUT2D eigenvalue weighted by atomic mass is 32.2. The van der Waals surface area contributed by atoms with Crippen LogP contribution in [0.1, 0.15) is 0 Å². The Morgan fingerprint density at radius 1 is 1.43 bits per heavy atom. The molecular formula is C13H13F2N5OS2. The van der Waals surface area contributed by atoms with Crippen LogP contribution < -0.4 is 5.32 Å². The molecule has 0 atom stereocenters. The molecule has 1 amide bonds. The molecule has 6 nitrogen and oxygen atoms in total. The van der Waals surface area contributed by atoms with Crippen molar-refractivity contribution in [1.29, 1.82) is 0 Å². The van der Waals surface area contributed by atoms with E-state index in [0.717, 1.165) is 17.8 Å². The molecule has 2 aromatic rings. The Bertz CT molecular complexity index is 720. The molecule has 1 N–H and O–H groups in total. The molecule has 0 aliphatic carbocycles. The minimum absolute atomic E-state index is 0.0306. The standard InChI is InChI=1S/C13H13F2N5OS2/c1-20(2)7-16-12-18-19-13(23-12)22-6-11(21)17-10-4-3-8(14)5-9(10)15/h3-5,7H,6H2,1-2H3,(H,17,21). The van der Waals surface area contributed by atoms with E-state index in [1.54, 1.807) is 11.2 Å². The zero-order chi connectivity index (χ0) is 16.8. The zero-order valence-corrected chi connectivity index (χ0v) is 13.9. The van der Waals surface area contributed by atoms with Gasteiger partial charge in [0.2, 0.25) is 11.0 Å². The summed E-state index contributed by atoms with van der Waals surface area (Å²) in [6.45, 7) is 0. The summed E-state index contributed by atoms with van der Waals surface area (Å²) in [4.78, 5) is 17.6. The predicted molar refractivity (Wildman–Crippen MR) is 87.5 cm³/mol. The third-order valence-electron chi connectivity index (χ3n) is 2.33. The average molecular weight is 357 g/mol. The fourth-order valence-corrected chi connectivity index (χ4v) is 2.86. The molecule has 1 aromatic carbocycles. The topological polar surface area (TPSA) is 70.5 Å². The van der Waals surface area contributed by atoms with Crippen LogP contribution in [0.4, 0.5) is 19.6 Å². The molecule has 23 heavy (non-hydrogen) atoms. The van der Waals surface area contributed by atoms with Gasteiger partial charge >= 0.3 is 0 Å². The van der Waals surface area contributed by atoms with Crippen molar-refractivity contribution >= 4 is 46.2 Å². The molecule has 0 spiro atoms. The Morgan fingerprint density at radius 2 is 2.22 bits per heavy atom. The van der Waals surface area contributed by atoms with Crippen LogP contribution in [-0.2, 0) is 4.79 Å². The number of halogens is 2. The second-order valence-electron chi connectivity index (χ2n) is 4.52. The number of hydrogen-bond acceptors (Lipinski definition) is 6. The Labute approximate surface area is 139 Å². The fourth-order valence-electron chi connectivity index (χ4n) is 1.38. The van der Waals surface area contributed by atoms with E-state index in [9.17, 15) is 13.6 Å². The second kappa shape index (κ2) is 7.97. The maximum Gasteiger partial charge on any atom is 0.234 e. The lowest BCUT2D eigenvalue weighted by atomic mass is 10.3.